The van der Waals surface area contributed by atoms with Gasteiger partial charge in [0.2, 0.25) is 0 Å². The molecule has 0 bridgehead atoms. The molecule has 0 spiro atoms. The maximum Gasteiger partial charge on any atom is 0.472 e. The molecule has 0 radical (unpaired) electrons. The molecule has 19 heteroatoms. The SMILES string of the molecule is CC/C=C\C/C=C\C/C=C\C/C=C\C/C=C\C/C=C\CCC(=O)OCC(COP(=O)(O)OCC(O)COP(=O)(O)OCC(COC(=O)CCCCCCC/C=C\C/C=C\CCCCC)OC(=O)CCCCCCC/C=C\C/C=C\CCC)OC(=O)C/C=C\C/C=C\C/C=C\C/C=C\C/C=C\CC. The fourth-order valence-corrected chi connectivity index (χ4v) is 10.7. The Kier molecular flexibility index (Phi) is 69.3. The van der Waals surface area contributed by atoms with Crippen molar-refractivity contribution >= 4 is 39.5 Å². The lowest BCUT2D eigenvalue weighted by atomic mass is 10.1. The molecule has 0 rings (SSSR count). The number of phosphoric ester groups is 2. The Bertz CT molecular complexity index is 2650. The van der Waals surface area contributed by atoms with Crippen molar-refractivity contribution in [2.75, 3.05) is 39.6 Å². The fraction of sp³-hybridized carbons (Fsp3) is 0.590. The molecule has 0 heterocycles. The van der Waals surface area contributed by atoms with E-state index in [9.17, 15) is 43.2 Å². The molecule has 0 saturated carbocycles. The van der Waals surface area contributed by atoms with Gasteiger partial charge < -0.3 is 33.8 Å². The molecule has 17 nitrogen and oxygen atoms in total. The monoisotopic (exact) mass is 1460 g/mol. The topological polar surface area (TPSA) is 237 Å². The van der Waals surface area contributed by atoms with Gasteiger partial charge >= 0.3 is 39.5 Å². The number of aliphatic hydroxyl groups excluding tert-OH is 1. The molecule has 0 fully saturated rings. The van der Waals surface area contributed by atoms with Gasteiger partial charge in [0.15, 0.2) is 12.2 Å². The van der Waals surface area contributed by atoms with Gasteiger partial charge in [-0.1, -0.05) is 268 Å². The van der Waals surface area contributed by atoms with E-state index in [0.717, 1.165) is 154 Å². The van der Waals surface area contributed by atoms with Gasteiger partial charge in [0, 0.05) is 19.3 Å². The third-order valence-electron chi connectivity index (χ3n) is 14.9. The van der Waals surface area contributed by atoms with Crippen LogP contribution in [0.25, 0.3) is 0 Å². The van der Waals surface area contributed by atoms with E-state index in [1.807, 2.05) is 30.4 Å². The summed E-state index contributed by atoms with van der Waals surface area (Å²) in [5.74, 6) is -2.47. The van der Waals surface area contributed by atoms with E-state index in [1.54, 1.807) is 12.2 Å². The van der Waals surface area contributed by atoms with E-state index in [-0.39, 0.29) is 25.7 Å². The number of unbranched alkanes of at least 4 members (excludes halogenated alkanes) is 14. The van der Waals surface area contributed by atoms with Crippen LogP contribution < -0.4 is 0 Å². The number of hydrogen-bond acceptors (Lipinski definition) is 15. The zero-order chi connectivity index (χ0) is 74.6. The Hall–Kier alpha value is -5.84. The molecule has 0 aromatic rings. The summed E-state index contributed by atoms with van der Waals surface area (Å²) in [4.78, 5) is 72.8. The largest absolute Gasteiger partial charge is 0.472 e. The van der Waals surface area contributed by atoms with Crippen molar-refractivity contribution in [2.24, 2.45) is 0 Å². The van der Waals surface area contributed by atoms with Crippen molar-refractivity contribution in [2.45, 2.75) is 277 Å². The predicted octanol–water partition coefficient (Wildman–Crippen LogP) is 22.0. The second-order valence-electron chi connectivity index (χ2n) is 24.5. The Morgan fingerprint density at radius 2 is 0.588 bits per heavy atom. The molecule has 0 amide bonds. The molecular weight excluding hydrogens is 1330 g/mol. The number of aliphatic hydroxyl groups is 1. The molecule has 0 aromatic carbocycles. The first kappa shape index (κ1) is 96.2. The molecule has 0 saturated heterocycles. The molecule has 0 aliphatic rings. The van der Waals surface area contributed by atoms with Crippen LogP contribution in [0.15, 0.2) is 182 Å². The van der Waals surface area contributed by atoms with Crippen LogP contribution in [0.2, 0.25) is 0 Å². The number of allylic oxidation sites excluding steroid dienone is 29. The molecule has 576 valence electrons. The number of carbonyl (C=O) groups excluding carboxylic acids is 4. The molecule has 5 atom stereocenters. The van der Waals surface area contributed by atoms with E-state index in [4.69, 9.17) is 37.0 Å². The van der Waals surface area contributed by atoms with E-state index >= 15 is 0 Å². The second kappa shape index (κ2) is 73.5. The average molecular weight is 1460 g/mol. The number of hydrogen-bond donors (Lipinski definition) is 3. The summed E-state index contributed by atoms with van der Waals surface area (Å²) in [6, 6.07) is 0. The quantitative estimate of drug-likeness (QED) is 0.0169. The van der Waals surface area contributed by atoms with Gasteiger partial charge in [0.1, 0.15) is 19.3 Å². The highest BCUT2D eigenvalue weighted by Crippen LogP contribution is 2.45. The van der Waals surface area contributed by atoms with Crippen molar-refractivity contribution in [1.29, 1.82) is 0 Å². The highest BCUT2D eigenvalue weighted by Gasteiger charge is 2.30. The summed E-state index contributed by atoms with van der Waals surface area (Å²) in [7, 11) is -10.0. The van der Waals surface area contributed by atoms with Crippen molar-refractivity contribution < 1.29 is 80.2 Å². The van der Waals surface area contributed by atoms with Gasteiger partial charge in [0.25, 0.3) is 0 Å². The number of rotatable bonds is 69. The lowest BCUT2D eigenvalue weighted by Gasteiger charge is -2.21. The highest BCUT2D eigenvalue weighted by molar-refractivity contribution is 7.47. The molecule has 5 unspecified atom stereocenters. The Morgan fingerprint density at radius 3 is 0.971 bits per heavy atom. The van der Waals surface area contributed by atoms with Crippen LogP contribution in [0.4, 0.5) is 0 Å². The molecule has 0 aromatic heterocycles. The standard InChI is InChI=1S/C83H132O17P2/c1-5-9-13-17-21-25-29-33-36-37-38-39-42-45-48-52-56-60-64-68-81(86)94-74-79(100-83(88)70-66-62-58-54-50-46-41-35-31-27-23-19-15-11-7-3)76-98-102(91,92)96-72-77(84)71-95-101(89,90)97-75-78(99-82(87)69-65-61-57-53-49-43-32-28-24-20-16-12-8-4)73-93-80(85)67-63-59-55-51-47-44-40-34-30-26-22-18-14-10-6-2/h9,11,13,15-16,20-23,25-28,32-36,38-41,45,48,50,54,56,60,62,66,77-79,84H,5-8,10,12,14,17-19,24,29-31,37,42-44,46-47,49,51-53,55,57-59,61,63-65,67-76H2,1-4H3,(H,89,90)(H,91,92)/b13-9-,15-11-,20-16-,25-21-,26-22-,27-23-,32-28-,36-33-,39-38-,40-34-,41-35-,48-45-,54-50-,60-56-,66-62-. The predicted molar refractivity (Wildman–Crippen MR) is 417 cm³/mol. The summed E-state index contributed by atoms with van der Waals surface area (Å²) in [6.45, 7) is 4.28. The lowest BCUT2D eigenvalue weighted by molar-refractivity contribution is -0.161. The number of esters is 4. The first-order valence-electron chi connectivity index (χ1n) is 38.0. The zero-order valence-electron chi connectivity index (χ0n) is 62.7. The van der Waals surface area contributed by atoms with Crippen molar-refractivity contribution in [3.8, 4) is 0 Å². The van der Waals surface area contributed by atoms with E-state index < -0.39 is 97.5 Å². The maximum absolute atomic E-state index is 13.1. The van der Waals surface area contributed by atoms with Crippen molar-refractivity contribution in [3.05, 3.63) is 182 Å². The van der Waals surface area contributed by atoms with Crippen LogP contribution >= 0.6 is 15.6 Å². The lowest BCUT2D eigenvalue weighted by Crippen LogP contribution is -2.30. The minimum Gasteiger partial charge on any atom is -0.462 e. The molecule has 0 aliphatic heterocycles. The first-order valence-corrected chi connectivity index (χ1v) is 41.0. The number of carbonyl (C=O) groups is 4. The third-order valence-corrected chi connectivity index (χ3v) is 16.8. The Morgan fingerprint density at radius 1 is 0.294 bits per heavy atom. The Labute approximate surface area is 615 Å². The fourth-order valence-electron chi connectivity index (χ4n) is 9.15. The van der Waals surface area contributed by atoms with E-state index in [0.29, 0.717) is 32.1 Å². The van der Waals surface area contributed by atoms with Crippen LogP contribution in [-0.4, -0.2) is 96.7 Å². The summed E-state index contributed by atoms with van der Waals surface area (Å²) >= 11 is 0. The van der Waals surface area contributed by atoms with Gasteiger partial charge in [-0.3, -0.25) is 37.3 Å². The van der Waals surface area contributed by atoms with Crippen molar-refractivity contribution in [1.82, 2.24) is 0 Å². The van der Waals surface area contributed by atoms with Gasteiger partial charge in [-0.25, -0.2) is 9.13 Å². The minimum absolute atomic E-state index is 0.00901. The van der Waals surface area contributed by atoms with E-state index in [2.05, 4.69) is 167 Å². The molecule has 3 N–H and O–H groups in total. The first-order chi connectivity index (χ1) is 49.7. The normalized spacial score (nSPS) is 14.9. The Balaban J connectivity index is 5.52. The molecule has 102 heavy (non-hydrogen) atoms. The summed E-state index contributed by atoms with van der Waals surface area (Å²) in [5.41, 5.74) is 0. The third kappa shape index (κ3) is 72.5. The summed E-state index contributed by atoms with van der Waals surface area (Å²) < 4.78 is 68.2. The zero-order valence-corrected chi connectivity index (χ0v) is 64.5. The molecule has 0 aliphatic carbocycles. The smallest absolute Gasteiger partial charge is 0.462 e. The van der Waals surface area contributed by atoms with Crippen LogP contribution in [0.5, 0.6) is 0 Å². The number of ether oxygens (including phenoxy) is 4. The van der Waals surface area contributed by atoms with Crippen molar-refractivity contribution in [3.63, 3.8) is 0 Å². The number of phosphoric acid groups is 2. The van der Waals surface area contributed by atoms with E-state index in [1.165, 1.54) is 19.3 Å². The van der Waals surface area contributed by atoms with Crippen LogP contribution in [0.3, 0.4) is 0 Å². The minimum atomic E-state index is -5.03. The summed E-state index contributed by atoms with van der Waals surface area (Å²) in [5, 5.41) is 10.6. The molecular formula is C83H132O17P2. The maximum atomic E-state index is 13.1. The van der Waals surface area contributed by atoms with Crippen LogP contribution in [0, 0.1) is 0 Å². The summed E-state index contributed by atoms with van der Waals surface area (Å²) in [6.07, 6.45) is 87.9. The van der Waals surface area contributed by atoms with Crippen LogP contribution in [0.1, 0.15) is 259 Å². The van der Waals surface area contributed by atoms with Gasteiger partial charge in [0.05, 0.1) is 32.8 Å². The average Bonchev–Trinajstić information content (AvgIpc) is 0.924. The van der Waals surface area contributed by atoms with Gasteiger partial charge in [-0.15, -0.1) is 0 Å². The van der Waals surface area contributed by atoms with Gasteiger partial charge in [-0.05, 0) is 148 Å². The second-order valence-corrected chi connectivity index (χ2v) is 27.4. The van der Waals surface area contributed by atoms with Gasteiger partial charge in [-0.2, -0.15) is 0 Å². The van der Waals surface area contributed by atoms with Crippen LogP contribution in [-0.2, 0) is 65.4 Å². The highest BCUT2D eigenvalue weighted by atomic mass is 31.2.